The summed E-state index contributed by atoms with van der Waals surface area (Å²) in [7, 11) is 0. The van der Waals surface area contributed by atoms with Gasteiger partial charge in [-0.2, -0.15) is 4.98 Å². The number of aryl methyl sites for hydroxylation is 1. The summed E-state index contributed by atoms with van der Waals surface area (Å²) < 4.78 is 11.7. The van der Waals surface area contributed by atoms with E-state index in [1.165, 1.54) is 0 Å². The zero-order valence-corrected chi connectivity index (χ0v) is 15.5. The minimum atomic E-state index is 0.514. The largest absolute Gasteiger partial charge is 0.477 e. The first-order valence-electron chi connectivity index (χ1n) is 9.37. The second-order valence-corrected chi connectivity index (χ2v) is 6.56. The van der Waals surface area contributed by atoms with E-state index in [0.29, 0.717) is 24.8 Å². The van der Waals surface area contributed by atoms with Crippen molar-refractivity contribution in [2.24, 2.45) is 0 Å². The summed E-state index contributed by atoms with van der Waals surface area (Å²) in [5.41, 5.74) is 1.91. The Balaban J connectivity index is 1.37. The number of pyridine rings is 1. The molecule has 1 aliphatic heterocycles. The lowest BCUT2D eigenvalue weighted by Gasteiger charge is -2.28. The van der Waals surface area contributed by atoms with Crippen LogP contribution in [-0.4, -0.2) is 42.8 Å². The van der Waals surface area contributed by atoms with Gasteiger partial charge in [0.15, 0.2) is 0 Å². The smallest absolute Gasteiger partial charge is 0.226 e. The molecule has 2 aromatic heterocycles. The van der Waals surface area contributed by atoms with Gasteiger partial charge < -0.3 is 19.4 Å². The molecule has 0 bridgehead atoms. The van der Waals surface area contributed by atoms with Gasteiger partial charge in [-0.3, -0.25) is 0 Å². The molecule has 0 radical (unpaired) electrons. The quantitative estimate of drug-likeness (QED) is 0.725. The van der Waals surface area contributed by atoms with Gasteiger partial charge in [0, 0.05) is 44.2 Å². The van der Waals surface area contributed by atoms with E-state index >= 15 is 0 Å². The molecule has 6 heteroatoms. The SMILES string of the molecule is Cc1oc(-c2ccccc2)nc1CCOc1cccc(N2CCNCC2)n1. The van der Waals surface area contributed by atoms with Crippen LogP contribution >= 0.6 is 0 Å². The predicted molar refractivity (Wildman–Crippen MR) is 105 cm³/mol. The molecule has 3 aromatic rings. The number of benzene rings is 1. The zero-order chi connectivity index (χ0) is 18.5. The van der Waals surface area contributed by atoms with Crippen molar-refractivity contribution in [3.05, 3.63) is 60.0 Å². The molecule has 1 fully saturated rings. The van der Waals surface area contributed by atoms with Crippen molar-refractivity contribution in [2.45, 2.75) is 13.3 Å². The van der Waals surface area contributed by atoms with E-state index in [0.717, 1.165) is 49.0 Å². The number of oxazole rings is 1. The van der Waals surface area contributed by atoms with Crippen molar-refractivity contribution >= 4 is 5.82 Å². The van der Waals surface area contributed by atoms with Gasteiger partial charge in [0.05, 0.1) is 12.3 Å². The van der Waals surface area contributed by atoms with Gasteiger partial charge in [-0.15, -0.1) is 0 Å². The minimum Gasteiger partial charge on any atom is -0.477 e. The van der Waals surface area contributed by atoms with Crippen LogP contribution in [0.25, 0.3) is 11.5 Å². The lowest BCUT2D eigenvalue weighted by molar-refractivity contribution is 0.307. The molecule has 0 atom stereocenters. The summed E-state index contributed by atoms with van der Waals surface area (Å²) in [6, 6.07) is 15.9. The summed E-state index contributed by atoms with van der Waals surface area (Å²) in [4.78, 5) is 11.5. The molecular formula is C21H24N4O2. The highest BCUT2D eigenvalue weighted by Crippen LogP contribution is 2.22. The molecule has 1 saturated heterocycles. The van der Waals surface area contributed by atoms with Gasteiger partial charge in [-0.05, 0) is 25.1 Å². The standard InChI is InChI=1S/C21H24N4O2/c1-16-18(23-21(27-16)17-6-3-2-4-7-17)10-15-26-20-9-5-8-19(24-20)25-13-11-22-12-14-25/h2-9,22H,10-15H2,1H3. The Labute approximate surface area is 159 Å². The van der Waals surface area contributed by atoms with Gasteiger partial charge in [0.2, 0.25) is 11.8 Å². The van der Waals surface area contributed by atoms with Crippen LogP contribution in [0, 0.1) is 6.92 Å². The van der Waals surface area contributed by atoms with Crippen LogP contribution in [0.3, 0.4) is 0 Å². The van der Waals surface area contributed by atoms with E-state index in [-0.39, 0.29) is 0 Å². The average molecular weight is 364 g/mol. The fourth-order valence-electron chi connectivity index (χ4n) is 3.17. The van der Waals surface area contributed by atoms with E-state index in [9.17, 15) is 0 Å². The highest BCUT2D eigenvalue weighted by atomic mass is 16.5. The Morgan fingerprint density at radius 2 is 1.85 bits per heavy atom. The molecule has 1 aromatic carbocycles. The highest BCUT2D eigenvalue weighted by molar-refractivity contribution is 5.53. The van der Waals surface area contributed by atoms with Crippen LogP contribution in [0.4, 0.5) is 5.82 Å². The first kappa shape index (κ1) is 17.5. The topological polar surface area (TPSA) is 63.4 Å². The van der Waals surface area contributed by atoms with Gasteiger partial charge >= 0.3 is 0 Å². The molecule has 140 valence electrons. The van der Waals surface area contributed by atoms with E-state index in [1.54, 1.807) is 0 Å². The first-order valence-corrected chi connectivity index (χ1v) is 9.37. The van der Waals surface area contributed by atoms with E-state index in [1.807, 2.05) is 55.5 Å². The Bertz CT molecular complexity index is 873. The molecule has 0 saturated carbocycles. The molecule has 1 aliphatic rings. The molecule has 4 rings (SSSR count). The van der Waals surface area contributed by atoms with E-state index in [2.05, 4.69) is 20.2 Å². The lowest BCUT2D eigenvalue weighted by atomic mass is 10.2. The fourth-order valence-corrected chi connectivity index (χ4v) is 3.17. The van der Waals surface area contributed by atoms with Crippen LogP contribution < -0.4 is 15.0 Å². The maximum absolute atomic E-state index is 5.88. The normalized spacial score (nSPS) is 14.3. The van der Waals surface area contributed by atoms with Gasteiger partial charge in [-0.25, -0.2) is 4.98 Å². The van der Waals surface area contributed by atoms with Crippen LogP contribution in [0.5, 0.6) is 5.88 Å². The summed E-state index contributed by atoms with van der Waals surface area (Å²) in [5, 5.41) is 3.35. The van der Waals surface area contributed by atoms with E-state index in [4.69, 9.17) is 9.15 Å². The number of nitrogens with one attached hydrogen (secondary N) is 1. The highest BCUT2D eigenvalue weighted by Gasteiger charge is 2.13. The number of ether oxygens (including phenoxy) is 1. The third-order valence-electron chi connectivity index (χ3n) is 4.65. The Hall–Kier alpha value is -2.86. The predicted octanol–water partition coefficient (Wildman–Crippen LogP) is 3.08. The van der Waals surface area contributed by atoms with Crippen LogP contribution in [0.15, 0.2) is 52.9 Å². The summed E-state index contributed by atoms with van der Waals surface area (Å²) >= 11 is 0. The van der Waals surface area contributed by atoms with Crippen molar-refractivity contribution < 1.29 is 9.15 Å². The van der Waals surface area contributed by atoms with Crippen LogP contribution in [0.1, 0.15) is 11.5 Å². The zero-order valence-electron chi connectivity index (χ0n) is 15.5. The lowest BCUT2D eigenvalue weighted by Crippen LogP contribution is -2.43. The van der Waals surface area contributed by atoms with Gasteiger partial charge in [0.1, 0.15) is 11.6 Å². The number of hydrogen-bond acceptors (Lipinski definition) is 6. The number of rotatable bonds is 6. The second kappa shape index (κ2) is 8.22. The minimum absolute atomic E-state index is 0.514. The maximum Gasteiger partial charge on any atom is 0.226 e. The van der Waals surface area contributed by atoms with Crippen molar-refractivity contribution in [3.63, 3.8) is 0 Å². The average Bonchev–Trinajstić information content (AvgIpc) is 3.10. The first-order chi connectivity index (χ1) is 13.3. The van der Waals surface area contributed by atoms with Crippen molar-refractivity contribution in [1.82, 2.24) is 15.3 Å². The molecule has 0 unspecified atom stereocenters. The third kappa shape index (κ3) is 4.28. The van der Waals surface area contributed by atoms with Crippen LogP contribution in [0.2, 0.25) is 0 Å². The Morgan fingerprint density at radius 3 is 2.67 bits per heavy atom. The number of piperazine rings is 1. The molecule has 0 aliphatic carbocycles. The van der Waals surface area contributed by atoms with Crippen molar-refractivity contribution in [3.8, 4) is 17.3 Å². The molecular weight excluding hydrogens is 340 g/mol. The summed E-state index contributed by atoms with van der Waals surface area (Å²) in [6.45, 7) is 6.37. The third-order valence-corrected chi connectivity index (χ3v) is 4.65. The second-order valence-electron chi connectivity index (χ2n) is 6.56. The molecule has 0 spiro atoms. The monoisotopic (exact) mass is 364 g/mol. The molecule has 3 heterocycles. The van der Waals surface area contributed by atoms with Gasteiger partial charge in [0.25, 0.3) is 0 Å². The summed E-state index contributed by atoms with van der Waals surface area (Å²) in [5.74, 6) is 3.11. The Morgan fingerprint density at radius 1 is 1.04 bits per heavy atom. The molecule has 0 amide bonds. The van der Waals surface area contributed by atoms with Crippen LogP contribution in [-0.2, 0) is 6.42 Å². The van der Waals surface area contributed by atoms with Crippen molar-refractivity contribution in [2.75, 3.05) is 37.7 Å². The van der Waals surface area contributed by atoms with E-state index < -0.39 is 0 Å². The Kier molecular flexibility index (Phi) is 5.34. The number of hydrogen-bond donors (Lipinski definition) is 1. The molecule has 1 N–H and O–H groups in total. The van der Waals surface area contributed by atoms with Gasteiger partial charge in [-0.1, -0.05) is 24.3 Å². The number of aromatic nitrogens is 2. The number of anilines is 1. The maximum atomic E-state index is 5.88. The molecule has 27 heavy (non-hydrogen) atoms. The fraction of sp³-hybridized carbons (Fsp3) is 0.333. The summed E-state index contributed by atoms with van der Waals surface area (Å²) in [6.07, 6.45) is 0.682. The number of nitrogens with zero attached hydrogens (tertiary/aromatic N) is 3. The molecule has 6 nitrogen and oxygen atoms in total. The van der Waals surface area contributed by atoms with Crippen molar-refractivity contribution in [1.29, 1.82) is 0 Å².